The number of methoxy groups -OCH3 is 2. The van der Waals surface area contributed by atoms with E-state index in [0.717, 1.165) is 28.0 Å². The summed E-state index contributed by atoms with van der Waals surface area (Å²) in [5.41, 5.74) is 3.86. The molecule has 0 amide bonds. The molecule has 4 atom stereocenters. The molecule has 0 aliphatic carbocycles. The maximum Gasteiger partial charge on any atom is 0.130 e. The van der Waals surface area contributed by atoms with Crippen LogP contribution >= 0.6 is 0 Å². The lowest BCUT2D eigenvalue weighted by Crippen LogP contribution is -2.28. The number of ether oxygens (including phenoxy) is 7. The lowest BCUT2D eigenvalue weighted by molar-refractivity contribution is -0.113. The predicted molar refractivity (Wildman–Crippen MR) is 149 cm³/mol. The predicted octanol–water partition coefficient (Wildman–Crippen LogP) is 6.06. The summed E-state index contributed by atoms with van der Waals surface area (Å²) in [6, 6.07) is 24.1. The molecule has 1 heterocycles. The van der Waals surface area contributed by atoms with Crippen LogP contribution in [0.25, 0.3) is 0 Å². The highest BCUT2D eigenvalue weighted by atomic mass is 16.6. The first kappa shape index (κ1) is 29.1. The Labute approximate surface area is 231 Å². The molecule has 0 radical (unpaired) electrons. The van der Waals surface area contributed by atoms with E-state index in [4.69, 9.17) is 33.2 Å². The van der Waals surface area contributed by atoms with Crippen LogP contribution in [0.5, 0.6) is 11.5 Å². The van der Waals surface area contributed by atoms with Crippen molar-refractivity contribution in [3.8, 4) is 11.5 Å². The van der Waals surface area contributed by atoms with E-state index in [0.29, 0.717) is 45.4 Å². The van der Waals surface area contributed by atoms with Crippen LogP contribution in [-0.4, -0.2) is 52.9 Å². The maximum absolute atomic E-state index is 6.31. The normalized spacial score (nSPS) is 23.8. The Morgan fingerprint density at radius 3 is 1.49 bits per heavy atom. The zero-order chi connectivity index (χ0) is 27.5. The van der Waals surface area contributed by atoms with Crippen molar-refractivity contribution in [3.63, 3.8) is 0 Å². The Hall–Kier alpha value is -2.94. The van der Waals surface area contributed by atoms with E-state index >= 15 is 0 Å². The minimum absolute atomic E-state index is 0.124. The summed E-state index contributed by atoms with van der Waals surface area (Å²) in [4.78, 5) is 0. The molecule has 1 aliphatic rings. The average molecular weight is 537 g/mol. The number of benzene rings is 3. The molecule has 7 heteroatoms. The molecule has 0 saturated heterocycles. The van der Waals surface area contributed by atoms with Gasteiger partial charge < -0.3 is 33.2 Å². The molecule has 1 aliphatic heterocycles. The van der Waals surface area contributed by atoms with Crippen molar-refractivity contribution in [1.82, 2.24) is 0 Å². The van der Waals surface area contributed by atoms with Crippen LogP contribution < -0.4 is 9.47 Å². The minimum Gasteiger partial charge on any atom is -0.497 e. The van der Waals surface area contributed by atoms with Crippen molar-refractivity contribution in [2.24, 2.45) is 0 Å². The van der Waals surface area contributed by atoms with Gasteiger partial charge in [0.2, 0.25) is 0 Å². The molecule has 0 N–H and O–H groups in total. The summed E-state index contributed by atoms with van der Waals surface area (Å²) in [6.45, 7) is 6.28. The van der Waals surface area contributed by atoms with Gasteiger partial charge in [-0.25, -0.2) is 0 Å². The second-order valence-corrected chi connectivity index (χ2v) is 9.73. The molecule has 0 spiro atoms. The molecule has 2 bridgehead atoms. The fourth-order valence-electron chi connectivity index (χ4n) is 4.66. The molecule has 4 rings (SSSR count). The topological polar surface area (TPSA) is 64.6 Å². The fourth-order valence-corrected chi connectivity index (χ4v) is 4.66. The van der Waals surface area contributed by atoms with E-state index in [1.54, 1.807) is 14.2 Å². The molecular weight excluding hydrogens is 496 g/mol. The third kappa shape index (κ3) is 8.52. The van der Waals surface area contributed by atoms with Crippen molar-refractivity contribution < 1.29 is 33.2 Å². The lowest BCUT2D eigenvalue weighted by Gasteiger charge is -2.26. The van der Waals surface area contributed by atoms with Crippen LogP contribution in [0.2, 0.25) is 0 Å². The van der Waals surface area contributed by atoms with Gasteiger partial charge in [-0.15, -0.1) is 0 Å². The molecular formula is C32H40O7. The molecule has 0 fully saturated rings. The quantitative estimate of drug-likeness (QED) is 0.402. The van der Waals surface area contributed by atoms with E-state index < -0.39 is 0 Å². The number of hydrogen-bond donors (Lipinski definition) is 0. The van der Waals surface area contributed by atoms with Crippen molar-refractivity contribution in [3.05, 3.63) is 95.1 Å². The minimum atomic E-state index is -0.246. The van der Waals surface area contributed by atoms with Crippen molar-refractivity contribution in [2.45, 2.75) is 51.5 Å². The number of hydrogen-bond acceptors (Lipinski definition) is 7. The van der Waals surface area contributed by atoms with E-state index in [2.05, 4.69) is 0 Å². The molecule has 3 aromatic carbocycles. The molecule has 39 heavy (non-hydrogen) atoms. The van der Waals surface area contributed by atoms with E-state index in [1.165, 1.54) is 0 Å². The largest absolute Gasteiger partial charge is 0.497 e. The Bertz CT molecular complexity index is 1040. The average Bonchev–Trinajstić information content (AvgIpc) is 2.96. The summed E-state index contributed by atoms with van der Waals surface area (Å²) >= 11 is 0. The van der Waals surface area contributed by atoms with Gasteiger partial charge in [-0.05, 0) is 37.1 Å². The first-order chi connectivity index (χ1) is 19.1. The van der Waals surface area contributed by atoms with Crippen LogP contribution in [0.15, 0.2) is 72.8 Å². The van der Waals surface area contributed by atoms with Crippen molar-refractivity contribution >= 4 is 0 Å². The number of fused-ring (bicyclic) bond motifs is 2. The monoisotopic (exact) mass is 536 g/mol. The van der Waals surface area contributed by atoms with E-state index in [9.17, 15) is 0 Å². The SMILES string of the molecule is COc1cc2c(OC)c(c1)COC[C@H](c1ccccc1)OC[C@H](C)O[C@@H](C)COC(c1ccccc1)COC2. The fraction of sp³-hybridized carbons (Fsp3) is 0.438. The van der Waals surface area contributed by atoms with Gasteiger partial charge in [-0.3, -0.25) is 0 Å². The summed E-state index contributed by atoms with van der Waals surface area (Å²) in [5, 5.41) is 0. The zero-order valence-corrected chi connectivity index (χ0v) is 23.3. The first-order valence-electron chi connectivity index (χ1n) is 13.4. The van der Waals surface area contributed by atoms with Gasteiger partial charge in [-0.2, -0.15) is 0 Å². The smallest absolute Gasteiger partial charge is 0.130 e. The summed E-state index contributed by atoms with van der Waals surface area (Å²) in [5.74, 6) is 1.44. The van der Waals surface area contributed by atoms with Gasteiger partial charge in [-0.1, -0.05) is 60.7 Å². The van der Waals surface area contributed by atoms with Gasteiger partial charge in [0.1, 0.15) is 23.7 Å². The van der Waals surface area contributed by atoms with Gasteiger partial charge in [0.25, 0.3) is 0 Å². The highest BCUT2D eigenvalue weighted by Crippen LogP contribution is 2.32. The highest BCUT2D eigenvalue weighted by Gasteiger charge is 2.20. The number of rotatable bonds is 4. The first-order valence-corrected chi connectivity index (χ1v) is 13.4. The summed E-state index contributed by atoms with van der Waals surface area (Å²) in [6.07, 6.45) is -0.739. The van der Waals surface area contributed by atoms with Gasteiger partial charge in [0.05, 0.1) is 66.1 Å². The molecule has 210 valence electrons. The van der Waals surface area contributed by atoms with Gasteiger partial charge in [0.15, 0.2) is 0 Å². The summed E-state index contributed by atoms with van der Waals surface area (Å²) < 4.78 is 42.6. The van der Waals surface area contributed by atoms with Crippen LogP contribution in [0, 0.1) is 0 Å². The standard InChI is InChI=1S/C32H40O7/c1-23-17-37-30(25-11-7-5-8-12-25)21-35-19-27-15-29(33-3)16-28(32(27)34-4)20-36-22-31(38-18-24(2)39-23)26-13-9-6-10-14-26/h5-16,23-24,30-31H,17-22H2,1-4H3/t23-,24-,30+,31?/m0/s1. The Kier molecular flexibility index (Phi) is 11.2. The van der Waals surface area contributed by atoms with E-state index in [-0.39, 0.29) is 24.4 Å². The molecule has 7 nitrogen and oxygen atoms in total. The second kappa shape index (κ2) is 15.0. The molecule has 3 aromatic rings. The van der Waals surface area contributed by atoms with Crippen LogP contribution in [-0.2, 0) is 36.9 Å². The zero-order valence-electron chi connectivity index (χ0n) is 23.3. The summed E-state index contributed by atoms with van der Waals surface area (Å²) in [7, 11) is 3.31. The second-order valence-electron chi connectivity index (χ2n) is 9.73. The lowest BCUT2D eigenvalue weighted by atomic mass is 10.1. The third-order valence-electron chi connectivity index (χ3n) is 6.58. The third-order valence-corrected chi connectivity index (χ3v) is 6.58. The maximum atomic E-state index is 6.31. The van der Waals surface area contributed by atoms with Crippen molar-refractivity contribution in [2.75, 3.05) is 40.6 Å². The van der Waals surface area contributed by atoms with Gasteiger partial charge in [0, 0.05) is 11.1 Å². The van der Waals surface area contributed by atoms with Crippen LogP contribution in [0.3, 0.4) is 0 Å². The molecule has 0 saturated carbocycles. The van der Waals surface area contributed by atoms with Gasteiger partial charge >= 0.3 is 0 Å². The Morgan fingerprint density at radius 2 is 1.08 bits per heavy atom. The van der Waals surface area contributed by atoms with Crippen molar-refractivity contribution in [1.29, 1.82) is 0 Å². The highest BCUT2D eigenvalue weighted by molar-refractivity contribution is 5.47. The Morgan fingerprint density at radius 1 is 0.615 bits per heavy atom. The Balaban J connectivity index is 1.59. The van der Waals surface area contributed by atoms with Crippen LogP contribution in [0.1, 0.15) is 48.3 Å². The molecule has 1 unspecified atom stereocenters. The van der Waals surface area contributed by atoms with Crippen LogP contribution in [0.4, 0.5) is 0 Å². The molecule has 0 aromatic heterocycles. The van der Waals surface area contributed by atoms with E-state index in [1.807, 2.05) is 86.6 Å².